The Morgan fingerprint density at radius 2 is 0.581 bits per heavy atom. The summed E-state index contributed by atoms with van der Waals surface area (Å²) in [6.45, 7) is 41.7. The number of hydrogen-bond acceptors (Lipinski definition) is 3. The van der Waals surface area contributed by atoms with Crippen LogP contribution in [0.15, 0.2) is 206 Å². The van der Waals surface area contributed by atoms with E-state index in [1.165, 1.54) is 49.4 Å². The number of pyridine rings is 1. The summed E-state index contributed by atoms with van der Waals surface area (Å²) in [6.07, 6.45) is 0. The van der Waals surface area contributed by atoms with E-state index in [0.717, 1.165) is 106 Å². The molecule has 93 heavy (non-hydrogen) atoms. The molecule has 14 rings (SSSR count). The molecule has 14 aromatic rings. The molecule has 0 aliphatic heterocycles. The lowest BCUT2D eigenvalue weighted by molar-refractivity contribution is 0.571. The molecule has 0 fully saturated rings. The normalized spacial score (nSPS) is 13.1. The van der Waals surface area contributed by atoms with Gasteiger partial charge in [0.15, 0.2) is 5.82 Å². The van der Waals surface area contributed by atoms with Gasteiger partial charge in [-0.1, -0.05) is 240 Å². The molecule has 6 nitrogen and oxygen atoms in total. The van der Waals surface area contributed by atoms with Crippen LogP contribution in [0.1, 0.15) is 158 Å². The molecular formula is C87H88N6. The number of aromatic nitrogens is 6. The van der Waals surface area contributed by atoms with E-state index in [2.05, 4.69) is 339 Å². The summed E-state index contributed by atoms with van der Waals surface area (Å²) in [4.78, 5) is 16.2. The van der Waals surface area contributed by atoms with Gasteiger partial charge in [0, 0.05) is 54.7 Å². The lowest BCUT2D eigenvalue weighted by atomic mass is 9.85. The van der Waals surface area contributed by atoms with Crippen LogP contribution in [0, 0.1) is 0 Å². The lowest BCUT2D eigenvalue weighted by Gasteiger charge is -2.25. The van der Waals surface area contributed by atoms with Crippen molar-refractivity contribution in [1.29, 1.82) is 0 Å². The van der Waals surface area contributed by atoms with Crippen molar-refractivity contribution in [3.05, 3.63) is 240 Å². The van der Waals surface area contributed by atoms with E-state index < -0.39 is 0 Å². The summed E-state index contributed by atoms with van der Waals surface area (Å²) >= 11 is 0. The van der Waals surface area contributed by atoms with Gasteiger partial charge >= 0.3 is 0 Å². The van der Waals surface area contributed by atoms with Gasteiger partial charge in [0.25, 0.3) is 0 Å². The van der Waals surface area contributed by atoms with E-state index in [-0.39, 0.29) is 32.5 Å². The Morgan fingerprint density at radius 1 is 0.247 bits per heavy atom. The van der Waals surface area contributed by atoms with Crippen LogP contribution in [-0.2, 0) is 32.5 Å². The molecule has 466 valence electrons. The zero-order chi connectivity index (χ0) is 65.6. The lowest BCUT2D eigenvalue weighted by Crippen LogP contribution is -2.13. The highest BCUT2D eigenvalue weighted by molar-refractivity contribution is 6.14. The molecule has 0 aliphatic carbocycles. The molecule has 0 saturated carbocycles. The van der Waals surface area contributed by atoms with Crippen molar-refractivity contribution < 1.29 is 0 Å². The minimum absolute atomic E-state index is 0.0866. The highest BCUT2D eigenvalue weighted by Gasteiger charge is 2.31. The highest BCUT2D eigenvalue weighted by atomic mass is 15.1. The second-order valence-corrected chi connectivity index (χ2v) is 32.4. The number of rotatable bonds is 7. The van der Waals surface area contributed by atoms with Crippen LogP contribution in [0.5, 0.6) is 0 Å². The molecule has 0 atom stereocenters. The minimum Gasteiger partial charge on any atom is -0.307 e. The number of nitrogens with zero attached hydrogens (tertiary/aromatic N) is 6. The first-order valence-electron chi connectivity index (χ1n) is 33.3. The average molecular weight is 1220 g/mol. The van der Waals surface area contributed by atoms with Gasteiger partial charge in [0.1, 0.15) is 0 Å². The zero-order valence-corrected chi connectivity index (χ0v) is 57.8. The van der Waals surface area contributed by atoms with E-state index in [4.69, 9.17) is 15.0 Å². The van der Waals surface area contributed by atoms with Gasteiger partial charge in [-0.3, -0.25) is 0 Å². The van der Waals surface area contributed by atoms with Gasteiger partial charge in [0.2, 0.25) is 0 Å². The van der Waals surface area contributed by atoms with Crippen molar-refractivity contribution in [3.8, 4) is 62.1 Å². The third-order valence-corrected chi connectivity index (χ3v) is 19.4. The summed E-state index contributed by atoms with van der Waals surface area (Å²) in [7, 11) is 0. The van der Waals surface area contributed by atoms with Crippen molar-refractivity contribution in [2.24, 2.45) is 0 Å². The van der Waals surface area contributed by atoms with Crippen LogP contribution in [-0.4, -0.2) is 28.7 Å². The first-order chi connectivity index (χ1) is 43.9. The SMILES string of the molecule is CC(C)(C)c1ccc2c(c1)c1cc(C(C)(C)C)ccc1n2-c1cc(-c2ccc(-c3cc(-c4ccccc4)nc(-c4ccccc4)n3)cc2)cc(-n2c3ccc(C(C)(C)C)cc3c3cc(C(C)(C)C)ccc32)c1-n1c2ccc(C(C)(C)C)cc2c2nc(C(C)(C)C)ccc21. The Balaban J connectivity index is 1.16. The second-order valence-electron chi connectivity index (χ2n) is 32.4. The van der Waals surface area contributed by atoms with E-state index in [9.17, 15) is 0 Å². The van der Waals surface area contributed by atoms with Crippen LogP contribution in [0.2, 0.25) is 0 Å². The monoisotopic (exact) mass is 1220 g/mol. The Kier molecular flexibility index (Phi) is 14.2. The topological polar surface area (TPSA) is 53.5 Å². The third kappa shape index (κ3) is 10.8. The van der Waals surface area contributed by atoms with Crippen LogP contribution in [0.25, 0.3) is 128 Å². The second kappa shape index (κ2) is 21.6. The summed E-state index contributed by atoms with van der Waals surface area (Å²) in [5.74, 6) is 0.691. The molecule has 0 spiro atoms. The van der Waals surface area contributed by atoms with Crippen LogP contribution in [0.3, 0.4) is 0 Å². The maximum absolute atomic E-state index is 5.76. The Morgan fingerprint density at radius 3 is 0.957 bits per heavy atom. The molecule has 9 aromatic carbocycles. The smallest absolute Gasteiger partial charge is 0.160 e. The molecule has 5 heterocycles. The van der Waals surface area contributed by atoms with Gasteiger partial charge in [-0.15, -0.1) is 0 Å². The average Bonchev–Trinajstić information content (AvgIpc) is 1.57. The summed E-state index contributed by atoms with van der Waals surface area (Å²) in [5.41, 5.74) is 24.7. The minimum atomic E-state index is -0.193. The van der Waals surface area contributed by atoms with E-state index in [0.29, 0.717) is 5.82 Å². The first-order valence-corrected chi connectivity index (χ1v) is 33.3. The summed E-state index contributed by atoms with van der Waals surface area (Å²) < 4.78 is 7.77. The highest BCUT2D eigenvalue weighted by Crippen LogP contribution is 2.48. The molecule has 6 heteroatoms. The van der Waals surface area contributed by atoms with Gasteiger partial charge < -0.3 is 13.7 Å². The largest absolute Gasteiger partial charge is 0.307 e. The molecule has 5 aromatic heterocycles. The fourth-order valence-corrected chi connectivity index (χ4v) is 13.7. The molecule has 0 aliphatic rings. The molecule has 0 radical (unpaired) electrons. The van der Waals surface area contributed by atoms with Crippen LogP contribution in [0.4, 0.5) is 0 Å². The Bertz CT molecular complexity index is 4830. The predicted molar refractivity (Wildman–Crippen MR) is 397 cm³/mol. The van der Waals surface area contributed by atoms with E-state index in [1.807, 2.05) is 6.07 Å². The van der Waals surface area contributed by atoms with Gasteiger partial charge in [0.05, 0.1) is 67.1 Å². The number of fused-ring (bicyclic) bond motifs is 9. The molecule has 0 bridgehead atoms. The Hall–Kier alpha value is -9.39. The third-order valence-electron chi connectivity index (χ3n) is 19.4. The summed E-state index contributed by atoms with van der Waals surface area (Å²) in [5, 5.41) is 6.06. The predicted octanol–water partition coefficient (Wildman–Crippen LogP) is 23.6. The maximum atomic E-state index is 5.76. The molecule has 0 amide bonds. The molecule has 0 unspecified atom stereocenters. The van der Waals surface area contributed by atoms with Crippen LogP contribution >= 0.6 is 0 Å². The first kappa shape index (κ1) is 61.1. The fraction of sp³-hybridized carbons (Fsp3) is 0.276. The zero-order valence-electron chi connectivity index (χ0n) is 57.8. The fourth-order valence-electron chi connectivity index (χ4n) is 13.7. The Labute approximate surface area is 550 Å². The number of benzene rings is 9. The van der Waals surface area contributed by atoms with Gasteiger partial charge in [-0.25, -0.2) is 15.0 Å². The van der Waals surface area contributed by atoms with Gasteiger partial charge in [-0.2, -0.15) is 0 Å². The van der Waals surface area contributed by atoms with Gasteiger partial charge in [-0.05, 0) is 157 Å². The van der Waals surface area contributed by atoms with E-state index in [1.54, 1.807) is 0 Å². The van der Waals surface area contributed by atoms with E-state index >= 15 is 0 Å². The van der Waals surface area contributed by atoms with Crippen molar-refractivity contribution >= 4 is 65.5 Å². The number of hydrogen-bond donors (Lipinski definition) is 0. The van der Waals surface area contributed by atoms with Crippen molar-refractivity contribution in [3.63, 3.8) is 0 Å². The molecule has 0 saturated heterocycles. The quantitative estimate of drug-likeness (QED) is 0.160. The molecular weight excluding hydrogens is 1130 g/mol. The van der Waals surface area contributed by atoms with Crippen molar-refractivity contribution in [1.82, 2.24) is 28.7 Å². The van der Waals surface area contributed by atoms with Crippen LogP contribution < -0.4 is 0 Å². The molecule has 0 N–H and O–H groups in total. The van der Waals surface area contributed by atoms with Crippen molar-refractivity contribution in [2.45, 2.75) is 157 Å². The van der Waals surface area contributed by atoms with Crippen molar-refractivity contribution in [2.75, 3.05) is 0 Å². The maximum Gasteiger partial charge on any atom is 0.160 e. The standard InChI is InChI=1S/C87H88N6/c1-82(2,3)58-33-38-70-63(47-58)64-48-59(83(4,5)6)34-39-71(64)91(70)76-45-57(53-29-31-55(32-30-53)69-52-68(54-25-21-19-22-26-54)88-81(89-69)56-27-23-20-24-28-56)46-77(92-72-40-35-60(84(7,8)9)49-65(72)66-50-61(85(10,11)12)36-41-73(66)92)80(76)93-74-42-37-62(86(13,14)15)51-67(74)79-75(93)43-44-78(90-79)87(16,17)18/h19-52H,1-18H3. The summed E-state index contributed by atoms with van der Waals surface area (Å²) in [6, 6.07) is 77.7.